The number of carboxylic acid groups (broad SMARTS) is 4. The van der Waals surface area contributed by atoms with Crippen LogP contribution < -0.4 is 139 Å². The first kappa shape index (κ1) is 55.4. The number of rotatable bonds is 23. The summed E-state index contributed by atoms with van der Waals surface area (Å²) in [5.41, 5.74) is 7.43. The number of carbonyl (C=O) groups excluding carboxylic acids is 4. The maximum absolute atomic E-state index is 11.2. The second-order valence-corrected chi connectivity index (χ2v) is 14.2. The van der Waals surface area contributed by atoms with E-state index in [1.807, 2.05) is 74.5 Å². The fraction of sp³-hybridized carbons (Fsp3) is 0.389. The number of nitrogens with zero attached hydrogens (tertiary/aromatic N) is 6. The van der Waals surface area contributed by atoms with Crippen LogP contribution in [0.15, 0.2) is 60.7 Å². The van der Waals surface area contributed by atoms with Crippen molar-refractivity contribution in [2.75, 3.05) is 50.8 Å². The summed E-state index contributed by atoms with van der Waals surface area (Å²) < 4.78 is 3.57. The Kier molecular flexibility index (Phi) is 28.4. The summed E-state index contributed by atoms with van der Waals surface area (Å²) in [4.78, 5) is 47.1. The summed E-state index contributed by atoms with van der Waals surface area (Å²) in [6, 6.07) is 19.5. The molecule has 0 fully saturated rings. The molecule has 0 atom stereocenters. The first-order valence-corrected chi connectivity index (χ1v) is 18.9. The van der Waals surface area contributed by atoms with Gasteiger partial charge in [0.2, 0.25) is 0 Å². The molecule has 2 aromatic heterocycles. The van der Waals surface area contributed by atoms with E-state index < -0.39 is 50.1 Å². The Balaban J connectivity index is 0.00000756. The van der Waals surface area contributed by atoms with Crippen LogP contribution >= 0.6 is 23.5 Å². The zero-order valence-electron chi connectivity index (χ0n) is 33.0. The van der Waals surface area contributed by atoms with Gasteiger partial charge in [-0.2, -0.15) is 33.7 Å². The van der Waals surface area contributed by atoms with Gasteiger partial charge in [0.15, 0.2) is 0 Å². The summed E-state index contributed by atoms with van der Waals surface area (Å²) in [5, 5.41) is 54.3. The third-order valence-electron chi connectivity index (χ3n) is 8.29. The standard InChI is InChI=1S/C36H44N6O8S2.4Na/c1-25-29(35(27-9-5-3-6-10-27)37-41(25)15-13-39(19-31(43)44)20-32(45)46)23-51-17-18-52-24-30-26(2)42(38-36(30)28-11-7-4-8-12-28)16-14-40(21-33(47)48)22-34(49)50;;;;/h3-12H,13-24H2,1-2H3,(H,43,44)(H,45,46)(H,47,48)(H,49,50);;;;/q;4*+1/p-4. The molecule has 4 rings (SSSR count). The number of hydrogen-bond acceptors (Lipinski definition) is 14. The average molecular weight is 841 g/mol. The van der Waals surface area contributed by atoms with Gasteiger partial charge in [-0.15, -0.1) is 0 Å². The van der Waals surface area contributed by atoms with Crippen LogP contribution in [0.1, 0.15) is 22.5 Å². The fourth-order valence-corrected chi connectivity index (χ4v) is 8.03. The maximum Gasteiger partial charge on any atom is 1.00 e. The fourth-order valence-electron chi connectivity index (χ4n) is 5.70. The van der Waals surface area contributed by atoms with Crippen LogP contribution in [0.4, 0.5) is 0 Å². The Bertz CT molecular complexity index is 1670. The zero-order valence-corrected chi connectivity index (χ0v) is 42.7. The first-order chi connectivity index (χ1) is 24.9. The summed E-state index contributed by atoms with van der Waals surface area (Å²) in [7, 11) is 0. The SMILES string of the molecule is Cc1c(CSCCSCc2c(-c3ccccc3)nn(CCN(CC(=O)[O-])CC(=O)[O-])c2C)c(-c2ccccc2)nn1CCN(CC(=O)[O-])CC(=O)[O-].[Na+].[Na+].[Na+].[Na+]. The minimum absolute atomic E-state index is 0. The molecule has 0 aliphatic rings. The predicted molar refractivity (Wildman–Crippen MR) is 190 cm³/mol. The third-order valence-corrected chi connectivity index (χ3v) is 10.5. The first-order valence-electron chi connectivity index (χ1n) is 16.6. The van der Waals surface area contributed by atoms with E-state index >= 15 is 0 Å². The van der Waals surface area contributed by atoms with Gasteiger partial charge >= 0.3 is 118 Å². The molecule has 0 aliphatic heterocycles. The molecule has 0 aliphatic carbocycles. The Morgan fingerprint density at radius 1 is 0.554 bits per heavy atom. The van der Waals surface area contributed by atoms with Crippen molar-refractivity contribution in [3.63, 3.8) is 0 Å². The molecule has 2 aromatic carbocycles. The molecule has 0 spiro atoms. The van der Waals surface area contributed by atoms with Gasteiger partial charge in [-0.1, -0.05) is 60.7 Å². The van der Waals surface area contributed by atoms with E-state index in [1.165, 1.54) is 9.80 Å². The van der Waals surface area contributed by atoms with Crippen LogP contribution in [0.3, 0.4) is 0 Å². The van der Waals surface area contributed by atoms with E-state index in [0.717, 1.165) is 56.5 Å². The number of hydrogen-bond donors (Lipinski definition) is 0. The summed E-state index contributed by atoms with van der Waals surface area (Å²) in [5.74, 6) is -2.44. The third kappa shape index (κ3) is 17.9. The van der Waals surface area contributed by atoms with Crippen molar-refractivity contribution >= 4 is 47.4 Å². The normalized spacial score (nSPS) is 10.6. The molecule has 2 heterocycles. The minimum Gasteiger partial charge on any atom is -0.549 e. The van der Waals surface area contributed by atoms with Crippen molar-refractivity contribution in [3.05, 3.63) is 83.2 Å². The quantitative estimate of drug-likeness (QED) is 0.0504. The van der Waals surface area contributed by atoms with Crippen LogP contribution in [-0.4, -0.2) is 104 Å². The molecule has 56 heavy (non-hydrogen) atoms. The van der Waals surface area contributed by atoms with Gasteiger partial charge in [-0.25, -0.2) is 0 Å². The van der Waals surface area contributed by atoms with Crippen molar-refractivity contribution in [1.82, 2.24) is 29.4 Å². The van der Waals surface area contributed by atoms with Crippen molar-refractivity contribution in [2.24, 2.45) is 0 Å². The number of aromatic nitrogens is 4. The van der Waals surface area contributed by atoms with Gasteiger partial charge in [-0.05, 0) is 13.8 Å². The molecular weight excluding hydrogens is 801 g/mol. The van der Waals surface area contributed by atoms with E-state index in [0.29, 0.717) is 11.5 Å². The molecule has 0 saturated heterocycles. The second kappa shape index (κ2) is 28.8. The van der Waals surface area contributed by atoms with Crippen LogP contribution in [0.5, 0.6) is 0 Å². The van der Waals surface area contributed by atoms with Crippen LogP contribution in [0.2, 0.25) is 0 Å². The molecule has 0 bridgehead atoms. The topological polar surface area (TPSA) is 203 Å². The Hall–Kier alpha value is -0.640. The largest absolute Gasteiger partial charge is 1.00 e. The van der Waals surface area contributed by atoms with Crippen molar-refractivity contribution < 1.29 is 158 Å². The molecule has 4 aromatic rings. The van der Waals surface area contributed by atoms with Crippen molar-refractivity contribution in [2.45, 2.75) is 38.4 Å². The monoisotopic (exact) mass is 840 g/mol. The van der Waals surface area contributed by atoms with Crippen molar-refractivity contribution in [3.8, 4) is 22.5 Å². The van der Waals surface area contributed by atoms with Crippen LogP contribution in [0.25, 0.3) is 22.5 Å². The van der Waals surface area contributed by atoms with Gasteiger partial charge < -0.3 is 39.6 Å². The molecule has 0 saturated carbocycles. The molecule has 0 radical (unpaired) electrons. The van der Waals surface area contributed by atoms with E-state index in [-0.39, 0.29) is 144 Å². The number of thioether (sulfide) groups is 2. The number of carbonyl (C=O) groups is 4. The Morgan fingerprint density at radius 2 is 0.857 bits per heavy atom. The molecule has 278 valence electrons. The van der Waals surface area contributed by atoms with E-state index in [2.05, 4.69) is 0 Å². The Labute approximate surface area is 424 Å². The molecule has 0 unspecified atom stereocenters. The van der Waals surface area contributed by atoms with Gasteiger partial charge in [0.1, 0.15) is 0 Å². The molecule has 0 amide bonds. The van der Waals surface area contributed by atoms with Crippen LogP contribution in [-0.2, 0) is 43.8 Å². The second-order valence-electron chi connectivity index (χ2n) is 12.0. The molecule has 0 N–H and O–H groups in total. The van der Waals surface area contributed by atoms with Gasteiger partial charge in [0.05, 0.1) is 48.4 Å². The van der Waals surface area contributed by atoms with E-state index in [9.17, 15) is 39.6 Å². The summed E-state index contributed by atoms with van der Waals surface area (Å²) in [6.45, 7) is 2.65. The number of carboxylic acids is 4. The van der Waals surface area contributed by atoms with E-state index in [1.54, 1.807) is 32.9 Å². The predicted octanol–water partition coefficient (Wildman–Crippen LogP) is -13.2. The molecule has 14 nitrogen and oxygen atoms in total. The smallest absolute Gasteiger partial charge is 0.549 e. The number of aliphatic carboxylic acids is 4. The van der Waals surface area contributed by atoms with Gasteiger partial charge in [0.25, 0.3) is 0 Å². The molecule has 20 heteroatoms. The van der Waals surface area contributed by atoms with Crippen LogP contribution in [0, 0.1) is 13.8 Å². The van der Waals surface area contributed by atoms with Crippen molar-refractivity contribution in [1.29, 1.82) is 0 Å². The summed E-state index contributed by atoms with van der Waals surface area (Å²) >= 11 is 3.52. The summed E-state index contributed by atoms with van der Waals surface area (Å²) in [6.07, 6.45) is 0. The zero-order chi connectivity index (χ0) is 37.6. The Morgan fingerprint density at radius 3 is 1.14 bits per heavy atom. The maximum atomic E-state index is 11.2. The molecular formula is C36H40N6Na4O8S2. The average Bonchev–Trinajstić information content (AvgIpc) is 3.58. The minimum atomic E-state index is -1.37. The van der Waals surface area contributed by atoms with E-state index in [4.69, 9.17) is 10.2 Å². The van der Waals surface area contributed by atoms with Gasteiger partial charge in [0, 0.05) is 95.9 Å². The number of benzene rings is 2. The van der Waals surface area contributed by atoms with Gasteiger partial charge in [-0.3, -0.25) is 19.2 Å².